The average molecular weight is 278 g/mol. The van der Waals surface area contributed by atoms with Crippen LogP contribution in [-0.4, -0.2) is 50.3 Å². The Hall–Kier alpha value is -1.59. The number of nitrogens with one attached hydrogen (secondary N) is 1. The van der Waals surface area contributed by atoms with Crippen molar-refractivity contribution >= 4 is 5.91 Å². The molecular weight excluding hydrogens is 256 g/mol. The van der Waals surface area contributed by atoms with Crippen LogP contribution in [0, 0.1) is 0 Å². The van der Waals surface area contributed by atoms with Gasteiger partial charge in [-0.25, -0.2) is 0 Å². The molecule has 1 heterocycles. The molecule has 0 aliphatic carbocycles. The maximum Gasteiger partial charge on any atom is 0.253 e. The van der Waals surface area contributed by atoms with Gasteiger partial charge in [0.15, 0.2) is 0 Å². The van der Waals surface area contributed by atoms with Crippen LogP contribution in [0.2, 0.25) is 0 Å². The summed E-state index contributed by atoms with van der Waals surface area (Å²) >= 11 is 0. The number of ether oxygens (including phenoxy) is 2. The first kappa shape index (κ1) is 14.8. The number of benzene rings is 1. The molecule has 1 saturated heterocycles. The normalized spacial score (nSPS) is 18.6. The second-order valence-corrected chi connectivity index (χ2v) is 4.76. The molecule has 1 amide bonds. The van der Waals surface area contributed by atoms with Crippen molar-refractivity contribution in [1.29, 1.82) is 0 Å². The van der Waals surface area contributed by atoms with Gasteiger partial charge in [-0.15, -0.1) is 0 Å². The minimum Gasteiger partial charge on any atom is -0.497 e. The quantitative estimate of drug-likeness (QED) is 0.874. The van der Waals surface area contributed by atoms with Crippen LogP contribution in [0.25, 0.3) is 0 Å². The lowest BCUT2D eigenvalue weighted by Gasteiger charge is -2.29. The average Bonchev–Trinajstić information content (AvgIpc) is 2.53. The van der Waals surface area contributed by atoms with Crippen LogP contribution in [0.1, 0.15) is 12.5 Å². The smallest absolute Gasteiger partial charge is 0.253 e. The molecule has 1 aromatic rings. The molecule has 110 valence electrons. The van der Waals surface area contributed by atoms with Gasteiger partial charge in [0, 0.05) is 26.2 Å². The van der Waals surface area contributed by atoms with Crippen LogP contribution in [0.15, 0.2) is 24.3 Å². The van der Waals surface area contributed by atoms with Crippen molar-refractivity contribution in [3.63, 3.8) is 0 Å². The molecule has 1 aliphatic heterocycles. The van der Waals surface area contributed by atoms with Crippen LogP contribution >= 0.6 is 0 Å². The number of carbonyl (C=O) groups excluding carboxylic acids is 1. The fraction of sp³-hybridized carbons (Fsp3) is 0.533. The van der Waals surface area contributed by atoms with E-state index in [4.69, 9.17) is 9.47 Å². The third-order valence-corrected chi connectivity index (χ3v) is 3.43. The van der Waals surface area contributed by atoms with Crippen molar-refractivity contribution in [1.82, 2.24) is 10.2 Å². The van der Waals surface area contributed by atoms with E-state index in [9.17, 15) is 4.79 Å². The van der Waals surface area contributed by atoms with Gasteiger partial charge < -0.3 is 19.7 Å². The molecule has 5 nitrogen and oxygen atoms in total. The van der Waals surface area contributed by atoms with Gasteiger partial charge in [-0.05, 0) is 24.6 Å². The Balaban J connectivity index is 1.97. The summed E-state index contributed by atoms with van der Waals surface area (Å²) in [4.78, 5) is 14.2. The topological polar surface area (TPSA) is 50.8 Å². The lowest BCUT2D eigenvalue weighted by atomic mass is 10.2. The Morgan fingerprint density at radius 2 is 2.20 bits per heavy atom. The zero-order valence-electron chi connectivity index (χ0n) is 12.1. The summed E-state index contributed by atoms with van der Waals surface area (Å²) in [6.07, 6.45) is -0.359. The van der Waals surface area contributed by atoms with Crippen LogP contribution in [-0.2, 0) is 16.1 Å². The number of morpholine rings is 1. The summed E-state index contributed by atoms with van der Waals surface area (Å²) in [5.74, 6) is 0.874. The summed E-state index contributed by atoms with van der Waals surface area (Å²) in [7, 11) is 1.64. The highest BCUT2D eigenvalue weighted by Gasteiger charge is 2.26. The van der Waals surface area contributed by atoms with Crippen molar-refractivity contribution < 1.29 is 14.3 Å². The molecule has 1 N–H and O–H groups in total. The van der Waals surface area contributed by atoms with E-state index in [1.165, 1.54) is 0 Å². The summed E-state index contributed by atoms with van der Waals surface area (Å²) in [6.45, 7) is 5.25. The van der Waals surface area contributed by atoms with Gasteiger partial charge in [-0.1, -0.05) is 12.1 Å². The molecule has 1 atom stereocenters. The lowest BCUT2D eigenvalue weighted by molar-refractivity contribution is -0.145. The molecule has 20 heavy (non-hydrogen) atoms. The molecule has 5 heteroatoms. The monoisotopic (exact) mass is 278 g/mol. The Morgan fingerprint density at radius 3 is 2.75 bits per heavy atom. The number of methoxy groups -OCH3 is 1. The second kappa shape index (κ2) is 7.26. The van der Waals surface area contributed by atoms with Gasteiger partial charge in [0.1, 0.15) is 11.9 Å². The van der Waals surface area contributed by atoms with Gasteiger partial charge in [0.2, 0.25) is 0 Å². The highest BCUT2D eigenvalue weighted by atomic mass is 16.5. The minimum absolute atomic E-state index is 0.0514. The maximum atomic E-state index is 12.4. The standard InChI is InChI=1S/C15H22N2O3/c1-3-17(15(18)14-10-16-8-9-20-14)11-12-4-6-13(19-2)7-5-12/h4-7,14,16H,3,8-11H2,1-2H3. The Kier molecular flexibility index (Phi) is 5.38. The van der Waals surface area contributed by atoms with E-state index in [-0.39, 0.29) is 12.0 Å². The van der Waals surface area contributed by atoms with E-state index in [0.717, 1.165) is 17.9 Å². The Labute approximate surface area is 119 Å². The van der Waals surface area contributed by atoms with Crippen molar-refractivity contribution in [2.24, 2.45) is 0 Å². The zero-order valence-corrected chi connectivity index (χ0v) is 12.1. The summed E-state index contributed by atoms with van der Waals surface area (Å²) < 4.78 is 10.7. The molecule has 0 aromatic heterocycles. The molecular formula is C15H22N2O3. The van der Waals surface area contributed by atoms with Gasteiger partial charge in [-0.3, -0.25) is 4.79 Å². The van der Waals surface area contributed by atoms with Crippen LogP contribution in [0.4, 0.5) is 0 Å². The molecule has 1 unspecified atom stereocenters. The first-order valence-electron chi connectivity index (χ1n) is 6.98. The van der Waals surface area contributed by atoms with E-state index in [1.807, 2.05) is 36.1 Å². The zero-order chi connectivity index (χ0) is 14.4. The predicted octanol–water partition coefficient (Wildman–Crippen LogP) is 1.03. The third kappa shape index (κ3) is 3.71. The highest BCUT2D eigenvalue weighted by molar-refractivity contribution is 5.81. The Morgan fingerprint density at radius 1 is 1.45 bits per heavy atom. The van der Waals surface area contributed by atoms with Gasteiger partial charge >= 0.3 is 0 Å². The van der Waals surface area contributed by atoms with Gasteiger partial charge in [-0.2, -0.15) is 0 Å². The third-order valence-electron chi connectivity index (χ3n) is 3.43. The molecule has 0 radical (unpaired) electrons. The van der Waals surface area contributed by atoms with E-state index in [0.29, 0.717) is 26.2 Å². The van der Waals surface area contributed by atoms with Crippen molar-refractivity contribution in [3.8, 4) is 5.75 Å². The van der Waals surface area contributed by atoms with E-state index in [2.05, 4.69) is 5.32 Å². The molecule has 1 aliphatic rings. The van der Waals surface area contributed by atoms with Crippen LogP contribution < -0.4 is 10.1 Å². The van der Waals surface area contributed by atoms with Crippen molar-refractivity contribution in [3.05, 3.63) is 29.8 Å². The number of hydrogen-bond acceptors (Lipinski definition) is 4. The summed E-state index contributed by atoms with van der Waals surface area (Å²) in [5, 5.41) is 3.18. The van der Waals surface area contributed by atoms with Crippen molar-refractivity contribution in [2.45, 2.75) is 19.6 Å². The predicted molar refractivity (Wildman–Crippen MR) is 76.7 cm³/mol. The van der Waals surface area contributed by atoms with E-state index >= 15 is 0 Å². The molecule has 0 saturated carbocycles. The Bertz CT molecular complexity index is 427. The van der Waals surface area contributed by atoms with Crippen LogP contribution in [0.5, 0.6) is 5.75 Å². The molecule has 0 bridgehead atoms. The largest absolute Gasteiger partial charge is 0.497 e. The first-order valence-corrected chi connectivity index (χ1v) is 6.98. The number of hydrogen-bond donors (Lipinski definition) is 1. The fourth-order valence-electron chi connectivity index (χ4n) is 2.22. The van der Waals surface area contributed by atoms with Gasteiger partial charge in [0.25, 0.3) is 5.91 Å². The van der Waals surface area contributed by atoms with E-state index in [1.54, 1.807) is 7.11 Å². The number of nitrogens with zero attached hydrogens (tertiary/aromatic N) is 1. The van der Waals surface area contributed by atoms with E-state index < -0.39 is 0 Å². The number of amides is 1. The second-order valence-electron chi connectivity index (χ2n) is 4.76. The fourth-order valence-corrected chi connectivity index (χ4v) is 2.22. The van der Waals surface area contributed by atoms with Crippen molar-refractivity contribution in [2.75, 3.05) is 33.4 Å². The minimum atomic E-state index is -0.359. The summed E-state index contributed by atoms with van der Waals surface area (Å²) in [6, 6.07) is 7.78. The lowest BCUT2D eigenvalue weighted by Crippen LogP contribution is -2.49. The maximum absolute atomic E-state index is 12.4. The number of carbonyl (C=O) groups is 1. The van der Waals surface area contributed by atoms with Gasteiger partial charge in [0.05, 0.1) is 13.7 Å². The summed E-state index contributed by atoms with van der Waals surface area (Å²) in [5.41, 5.74) is 1.09. The first-order chi connectivity index (χ1) is 9.74. The molecule has 2 rings (SSSR count). The molecule has 1 aromatic carbocycles. The highest BCUT2D eigenvalue weighted by Crippen LogP contribution is 2.14. The molecule has 1 fully saturated rings. The number of rotatable bonds is 5. The molecule has 0 spiro atoms. The van der Waals surface area contributed by atoms with Crippen LogP contribution in [0.3, 0.4) is 0 Å². The number of likely N-dealkylation sites (N-methyl/N-ethyl adjacent to an activating group) is 1. The SMILES string of the molecule is CCN(Cc1ccc(OC)cc1)C(=O)C1CNCCO1.